The molecule has 0 radical (unpaired) electrons. The van der Waals surface area contributed by atoms with Crippen molar-refractivity contribution in [2.75, 3.05) is 31.1 Å². The molecule has 0 aliphatic carbocycles. The SMILES string of the molecule is CC1Cc2ccc(CCCCCOC3CN(C(=O)OC(C)(C)C)C3)nc2N(C(=O)OC(C)(C)C)C1.CCC. The first kappa shape index (κ1) is 31.9. The van der Waals surface area contributed by atoms with Crippen LogP contribution in [0.2, 0.25) is 0 Å². The number of ether oxygens (including phenoxy) is 3. The van der Waals surface area contributed by atoms with Crippen molar-refractivity contribution in [2.24, 2.45) is 5.92 Å². The summed E-state index contributed by atoms with van der Waals surface area (Å²) in [6.45, 7) is 20.2. The van der Waals surface area contributed by atoms with Crippen LogP contribution >= 0.6 is 0 Å². The summed E-state index contributed by atoms with van der Waals surface area (Å²) in [5.41, 5.74) is 1.10. The molecule has 1 saturated heterocycles. The molecule has 0 N–H and O–H groups in total. The Morgan fingerprint density at radius 1 is 0.921 bits per heavy atom. The summed E-state index contributed by atoms with van der Waals surface area (Å²) in [5, 5.41) is 0. The first-order valence-electron chi connectivity index (χ1n) is 14.3. The van der Waals surface area contributed by atoms with Crippen molar-refractivity contribution in [1.29, 1.82) is 0 Å². The highest BCUT2D eigenvalue weighted by Gasteiger charge is 2.34. The maximum absolute atomic E-state index is 12.8. The fraction of sp³-hybridized carbons (Fsp3) is 0.767. The standard InChI is InChI=1S/C27H43N3O5.C3H8/c1-19-15-20-12-13-21(28-23(20)30(16-19)25(32)35-27(5,6)7)11-9-8-10-14-33-22-17-29(18-22)24(31)34-26(2,3)4;1-3-2/h12-13,19,22H,8-11,14-18H2,1-7H3;3H2,1-2H3. The van der Waals surface area contributed by atoms with Crippen molar-refractivity contribution >= 4 is 18.0 Å². The van der Waals surface area contributed by atoms with Gasteiger partial charge in [-0.15, -0.1) is 0 Å². The van der Waals surface area contributed by atoms with Crippen molar-refractivity contribution in [3.63, 3.8) is 0 Å². The minimum absolute atomic E-state index is 0.103. The summed E-state index contributed by atoms with van der Waals surface area (Å²) in [5.74, 6) is 1.12. The highest BCUT2D eigenvalue weighted by molar-refractivity contribution is 5.88. The number of likely N-dealkylation sites (tertiary alicyclic amines) is 1. The van der Waals surface area contributed by atoms with Gasteiger partial charge in [0.05, 0.1) is 19.2 Å². The Balaban J connectivity index is 0.00000161. The first-order valence-corrected chi connectivity index (χ1v) is 14.3. The van der Waals surface area contributed by atoms with E-state index in [2.05, 4.69) is 32.9 Å². The lowest BCUT2D eigenvalue weighted by Gasteiger charge is -2.39. The molecule has 2 aliphatic rings. The summed E-state index contributed by atoms with van der Waals surface area (Å²) in [6.07, 6.45) is 5.55. The zero-order valence-corrected chi connectivity index (χ0v) is 25.3. The van der Waals surface area contributed by atoms with Gasteiger partial charge in [0.1, 0.15) is 17.0 Å². The topological polar surface area (TPSA) is 81.2 Å². The lowest BCUT2D eigenvalue weighted by Crippen LogP contribution is -2.55. The molecular weight excluding hydrogens is 482 g/mol. The number of aryl methyl sites for hydroxylation is 1. The van der Waals surface area contributed by atoms with Gasteiger partial charge in [0.25, 0.3) is 0 Å². The number of carbonyl (C=O) groups excluding carboxylic acids is 2. The van der Waals surface area contributed by atoms with E-state index in [9.17, 15) is 9.59 Å². The van der Waals surface area contributed by atoms with E-state index in [1.807, 2.05) is 41.5 Å². The third-order valence-electron chi connectivity index (χ3n) is 5.88. The Hall–Kier alpha value is -2.35. The number of amides is 2. The van der Waals surface area contributed by atoms with E-state index < -0.39 is 11.2 Å². The van der Waals surface area contributed by atoms with Crippen LogP contribution in [-0.2, 0) is 27.1 Å². The zero-order chi connectivity index (χ0) is 28.5. The smallest absolute Gasteiger partial charge is 0.416 e. The van der Waals surface area contributed by atoms with Crippen molar-refractivity contribution in [3.8, 4) is 0 Å². The largest absolute Gasteiger partial charge is 0.444 e. The van der Waals surface area contributed by atoms with Crippen LogP contribution in [0.1, 0.15) is 99.3 Å². The van der Waals surface area contributed by atoms with Gasteiger partial charge >= 0.3 is 12.2 Å². The number of pyridine rings is 1. The molecule has 38 heavy (non-hydrogen) atoms. The van der Waals surface area contributed by atoms with Gasteiger partial charge in [0.15, 0.2) is 0 Å². The van der Waals surface area contributed by atoms with Gasteiger partial charge in [-0.3, -0.25) is 4.90 Å². The molecule has 1 atom stereocenters. The number of hydrogen-bond acceptors (Lipinski definition) is 6. The van der Waals surface area contributed by atoms with Crippen LogP contribution in [0.5, 0.6) is 0 Å². The second-order valence-electron chi connectivity index (χ2n) is 12.6. The van der Waals surface area contributed by atoms with Crippen LogP contribution < -0.4 is 4.90 Å². The van der Waals surface area contributed by atoms with Crippen molar-refractivity contribution in [1.82, 2.24) is 9.88 Å². The van der Waals surface area contributed by atoms with E-state index in [1.54, 1.807) is 9.80 Å². The lowest BCUT2D eigenvalue weighted by molar-refractivity contribution is -0.0637. The van der Waals surface area contributed by atoms with Crippen molar-refractivity contribution < 1.29 is 23.8 Å². The maximum atomic E-state index is 12.8. The highest BCUT2D eigenvalue weighted by atomic mass is 16.6. The van der Waals surface area contributed by atoms with Gasteiger partial charge in [-0.1, -0.05) is 39.7 Å². The summed E-state index contributed by atoms with van der Waals surface area (Å²) in [4.78, 5) is 33.0. The van der Waals surface area contributed by atoms with Crippen LogP contribution in [0.25, 0.3) is 0 Å². The van der Waals surface area contributed by atoms with E-state index in [0.29, 0.717) is 32.2 Å². The Bertz CT molecular complexity index is 900. The van der Waals surface area contributed by atoms with Gasteiger partial charge in [0.2, 0.25) is 0 Å². The predicted octanol–water partition coefficient (Wildman–Crippen LogP) is 6.78. The summed E-state index contributed by atoms with van der Waals surface area (Å²) >= 11 is 0. The average Bonchev–Trinajstić information content (AvgIpc) is 2.74. The molecule has 2 aliphatic heterocycles. The normalized spacial score (nSPS) is 17.7. The molecule has 1 fully saturated rings. The molecule has 216 valence electrons. The summed E-state index contributed by atoms with van der Waals surface area (Å²) in [6, 6.07) is 4.20. The maximum Gasteiger partial charge on any atom is 0.416 e. The Morgan fingerprint density at radius 3 is 2.13 bits per heavy atom. The van der Waals surface area contributed by atoms with Crippen molar-refractivity contribution in [2.45, 2.75) is 118 Å². The minimum atomic E-state index is -0.537. The number of nitrogens with zero attached hydrogens (tertiary/aromatic N) is 3. The Morgan fingerprint density at radius 2 is 1.53 bits per heavy atom. The number of aromatic nitrogens is 1. The van der Waals surface area contributed by atoms with E-state index in [4.69, 9.17) is 19.2 Å². The number of fused-ring (bicyclic) bond motifs is 1. The molecular formula is C30H51N3O5. The fourth-order valence-corrected chi connectivity index (χ4v) is 4.22. The van der Waals surface area contributed by atoms with Gasteiger partial charge in [-0.05, 0) is 84.8 Å². The Labute approximate surface area is 230 Å². The van der Waals surface area contributed by atoms with Crippen LogP contribution in [-0.4, -0.2) is 65.6 Å². The molecule has 2 amide bonds. The molecule has 1 aromatic rings. The molecule has 0 saturated carbocycles. The number of hydrogen-bond donors (Lipinski definition) is 0. The second-order valence-corrected chi connectivity index (χ2v) is 12.6. The number of anilines is 1. The predicted molar refractivity (Wildman–Crippen MR) is 152 cm³/mol. The minimum Gasteiger partial charge on any atom is -0.444 e. The molecule has 0 aromatic carbocycles. The zero-order valence-electron chi connectivity index (χ0n) is 25.3. The fourth-order valence-electron chi connectivity index (χ4n) is 4.22. The number of carbonyl (C=O) groups is 2. The van der Waals surface area contributed by atoms with Crippen LogP contribution in [0.15, 0.2) is 12.1 Å². The van der Waals surface area contributed by atoms with Crippen LogP contribution in [0.3, 0.4) is 0 Å². The van der Waals surface area contributed by atoms with Crippen molar-refractivity contribution in [3.05, 3.63) is 23.4 Å². The summed E-state index contributed by atoms with van der Waals surface area (Å²) in [7, 11) is 0. The lowest BCUT2D eigenvalue weighted by atomic mass is 9.96. The number of unbranched alkanes of at least 4 members (excludes halogenated alkanes) is 2. The quantitative estimate of drug-likeness (QED) is 0.359. The average molecular weight is 534 g/mol. The molecule has 1 aromatic heterocycles. The van der Waals surface area contributed by atoms with E-state index in [-0.39, 0.29) is 18.3 Å². The van der Waals surface area contributed by atoms with Gasteiger partial charge < -0.3 is 19.1 Å². The molecule has 0 spiro atoms. The molecule has 8 heteroatoms. The third kappa shape index (κ3) is 10.8. The van der Waals surface area contributed by atoms with Gasteiger partial charge in [-0.25, -0.2) is 14.6 Å². The molecule has 1 unspecified atom stereocenters. The molecule has 3 heterocycles. The second kappa shape index (κ2) is 14.2. The summed E-state index contributed by atoms with van der Waals surface area (Å²) < 4.78 is 16.9. The monoisotopic (exact) mass is 533 g/mol. The molecule has 0 bridgehead atoms. The van der Waals surface area contributed by atoms with Gasteiger partial charge in [-0.2, -0.15) is 0 Å². The Kier molecular flexibility index (Phi) is 11.9. The third-order valence-corrected chi connectivity index (χ3v) is 5.88. The first-order chi connectivity index (χ1) is 17.7. The van der Waals surface area contributed by atoms with Crippen LogP contribution in [0, 0.1) is 5.92 Å². The highest BCUT2D eigenvalue weighted by Crippen LogP contribution is 2.30. The van der Waals surface area contributed by atoms with E-state index >= 15 is 0 Å². The number of rotatable bonds is 7. The molecule has 8 nitrogen and oxygen atoms in total. The van der Waals surface area contributed by atoms with Gasteiger partial charge in [0, 0.05) is 18.8 Å². The molecule has 3 rings (SSSR count). The van der Waals surface area contributed by atoms with Crippen LogP contribution in [0.4, 0.5) is 15.4 Å². The van der Waals surface area contributed by atoms with E-state index in [0.717, 1.165) is 49.2 Å². The van der Waals surface area contributed by atoms with E-state index in [1.165, 1.54) is 6.42 Å².